The summed E-state index contributed by atoms with van der Waals surface area (Å²) in [4.78, 5) is 0. The van der Waals surface area contributed by atoms with Gasteiger partial charge in [-0.05, 0) is 0 Å². The molecule has 44 valence electrons. The first-order valence-corrected chi connectivity index (χ1v) is 5.19. The normalized spacial score (nSPS) is 10.6. The average Bonchev–Trinajstić information content (AvgIpc) is 2.34. The molecule has 0 radical (unpaired) electrons. The second-order valence-corrected chi connectivity index (χ2v) is 5.19. The van der Waals surface area contributed by atoms with Crippen LogP contribution < -0.4 is 2.13 Å². The average molecular weight is 156 g/mol. The van der Waals surface area contributed by atoms with Gasteiger partial charge in [0.25, 0.3) is 0 Å². The summed E-state index contributed by atoms with van der Waals surface area (Å²) in [5, 5.41) is 5.09. The fourth-order valence-corrected chi connectivity index (χ4v) is 2.77. The number of hydrogen-bond donors (Lipinski definition) is 0. The summed E-state index contributed by atoms with van der Waals surface area (Å²) < 4.78 is 1.55. The minimum absolute atomic E-state index is 1.18. The van der Waals surface area contributed by atoms with Crippen molar-refractivity contribution in [1.29, 1.82) is 0 Å². The number of fused-ring (bicyclic) bond motifs is 1. The Bertz CT molecular complexity index is 351. The van der Waals surface area contributed by atoms with Gasteiger partial charge in [-0.2, -0.15) is 0 Å². The predicted octanol–water partition coefficient (Wildman–Crippen LogP) is 1.70. The van der Waals surface area contributed by atoms with E-state index in [2.05, 4.69) is 29.6 Å². The zero-order valence-corrected chi connectivity index (χ0v) is 8.61. The summed E-state index contributed by atoms with van der Waals surface area (Å²) in [6.45, 7) is 0. The third kappa shape index (κ3) is 1.04. The minimum atomic E-state index is 1.18. The number of hydrogen-bond acceptors (Lipinski definition) is 1. The van der Waals surface area contributed by atoms with E-state index in [4.69, 9.17) is 0 Å². The van der Waals surface area contributed by atoms with Crippen LogP contribution >= 0.6 is 11.3 Å². The van der Waals surface area contributed by atoms with Crippen LogP contribution in [0, 0.1) is 0 Å². The summed E-state index contributed by atoms with van der Waals surface area (Å²) in [6, 6.07) is 8.58. The molecule has 1 aromatic carbocycles. The van der Waals surface area contributed by atoms with E-state index in [9.17, 15) is 0 Å². The Labute approximate surface area is 81.3 Å². The van der Waals surface area contributed by atoms with Gasteiger partial charge >= 0.3 is 81.8 Å². The van der Waals surface area contributed by atoms with Crippen molar-refractivity contribution in [2.45, 2.75) is 0 Å². The van der Waals surface area contributed by atoms with Gasteiger partial charge in [-0.3, -0.25) is 0 Å². The summed E-state index contributed by atoms with van der Waals surface area (Å²) >= 11 is 3.06. The van der Waals surface area contributed by atoms with Crippen molar-refractivity contribution < 1.29 is 0 Å². The van der Waals surface area contributed by atoms with Gasteiger partial charge in [-0.1, -0.05) is 0 Å². The van der Waals surface area contributed by atoms with Gasteiger partial charge in [0.1, 0.15) is 0 Å². The van der Waals surface area contributed by atoms with Crippen LogP contribution in [0.15, 0.2) is 29.6 Å². The summed E-state index contributed by atoms with van der Waals surface area (Å²) in [6.07, 6.45) is 0. The molecule has 0 amide bonds. The molecule has 1 heterocycles. The summed E-state index contributed by atoms with van der Waals surface area (Å²) in [7, 11) is 0. The quantitative estimate of drug-likeness (QED) is 0.509. The molecule has 0 bridgehead atoms. The second kappa shape index (κ2) is 2.67. The molecule has 1 aromatic heterocycles. The van der Waals surface area contributed by atoms with Crippen LogP contribution in [0.4, 0.5) is 0 Å². The van der Waals surface area contributed by atoms with Crippen molar-refractivity contribution in [3.63, 3.8) is 0 Å². The molecule has 0 aliphatic carbocycles. The second-order valence-electron chi connectivity index (χ2n) is 2.38. The third-order valence-corrected chi connectivity index (χ3v) is 3.89. The molecule has 0 nitrogen and oxygen atoms in total. The van der Waals surface area contributed by atoms with E-state index >= 15 is 0 Å². The molecule has 0 aliphatic rings. The number of rotatable bonds is 0. The van der Waals surface area contributed by atoms with Crippen LogP contribution in [0.25, 0.3) is 10.8 Å². The van der Waals surface area contributed by atoms with Gasteiger partial charge in [-0.25, -0.2) is 0 Å². The van der Waals surface area contributed by atoms with Gasteiger partial charge < -0.3 is 0 Å². The van der Waals surface area contributed by atoms with E-state index in [1.165, 1.54) is 38.7 Å². The van der Waals surface area contributed by atoms with Crippen molar-refractivity contribution in [2.75, 3.05) is 0 Å². The predicted molar refractivity (Wildman–Crippen MR) is 47.2 cm³/mol. The van der Waals surface area contributed by atoms with Gasteiger partial charge in [0.2, 0.25) is 0 Å². The van der Waals surface area contributed by atoms with Gasteiger partial charge in [0.05, 0.1) is 0 Å². The molecule has 2 heteroatoms. The SMILES string of the molecule is [Na][c]1scc2ccccc12. The van der Waals surface area contributed by atoms with Crippen LogP contribution in [-0.4, -0.2) is 27.9 Å². The van der Waals surface area contributed by atoms with E-state index in [1.807, 2.05) is 11.3 Å². The van der Waals surface area contributed by atoms with E-state index < -0.39 is 0 Å². The van der Waals surface area contributed by atoms with Crippen LogP contribution in [0.3, 0.4) is 0 Å². The Hall–Kier alpha value is 0.180. The monoisotopic (exact) mass is 156 g/mol. The fourth-order valence-electron chi connectivity index (χ4n) is 1.14. The van der Waals surface area contributed by atoms with Crippen LogP contribution in [0.2, 0.25) is 0 Å². The Morgan fingerprint density at radius 2 is 2.00 bits per heavy atom. The maximum absolute atomic E-state index is 2.23. The first-order valence-electron chi connectivity index (χ1n) is 3.31. The fraction of sp³-hybridized carbons (Fsp3) is 0. The first-order chi connectivity index (χ1) is 4.88. The van der Waals surface area contributed by atoms with Crippen LogP contribution in [0.5, 0.6) is 0 Å². The molecule has 0 N–H and O–H groups in total. The molecule has 2 aromatic rings. The van der Waals surface area contributed by atoms with Crippen molar-refractivity contribution in [1.82, 2.24) is 0 Å². The van der Waals surface area contributed by atoms with Crippen molar-refractivity contribution in [3.8, 4) is 0 Å². The van der Waals surface area contributed by atoms with Gasteiger partial charge in [0.15, 0.2) is 0 Å². The molecule has 2 rings (SSSR count). The Balaban J connectivity index is 2.93. The van der Waals surface area contributed by atoms with Crippen LogP contribution in [-0.2, 0) is 0 Å². The van der Waals surface area contributed by atoms with Crippen molar-refractivity contribution in [2.24, 2.45) is 0 Å². The molecule has 0 saturated carbocycles. The molecule has 0 spiro atoms. The van der Waals surface area contributed by atoms with Crippen molar-refractivity contribution in [3.05, 3.63) is 29.6 Å². The van der Waals surface area contributed by atoms with E-state index in [0.717, 1.165) is 0 Å². The van der Waals surface area contributed by atoms with Gasteiger partial charge in [-0.15, -0.1) is 0 Å². The molecule has 0 fully saturated rings. The first kappa shape index (κ1) is 6.86. The number of benzene rings is 1. The number of thiophene rings is 1. The van der Waals surface area contributed by atoms with E-state index in [-0.39, 0.29) is 0 Å². The standard InChI is InChI=1S/C8H5S.Na/c1-2-4-8-6-9-5-7(8)3-1;/h1-5H;. The van der Waals surface area contributed by atoms with Crippen molar-refractivity contribution >= 4 is 52.2 Å². The summed E-state index contributed by atoms with van der Waals surface area (Å²) in [5.41, 5.74) is 0. The molecule has 0 saturated heterocycles. The molecular weight excluding hydrogens is 151 g/mol. The Kier molecular flexibility index (Phi) is 1.83. The van der Waals surface area contributed by atoms with Gasteiger partial charge in [0, 0.05) is 0 Å². The third-order valence-electron chi connectivity index (χ3n) is 1.70. The Morgan fingerprint density at radius 3 is 2.80 bits per heavy atom. The van der Waals surface area contributed by atoms with Crippen LogP contribution in [0.1, 0.15) is 0 Å². The zero-order valence-electron chi connectivity index (χ0n) is 5.79. The zero-order chi connectivity index (χ0) is 6.97. The topological polar surface area (TPSA) is 0 Å². The maximum atomic E-state index is 2.23. The molecule has 0 aliphatic heterocycles. The molecule has 0 atom stereocenters. The van der Waals surface area contributed by atoms with E-state index in [0.29, 0.717) is 0 Å². The summed E-state index contributed by atoms with van der Waals surface area (Å²) in [5.74, 6) is 0. The molecule has 0 unspecified atom stereocenters. The Morgan fingerprint density at radius 1 is 1.20 bits per heavy atom. The molecular formula is C8H5NaS. The van der Waals surface area contributed by atoms with E-state index in [1.54, 1.807) is 2.13 Å². The molecule has 10 heavy (non-hydrogen) atoms.